The standard InChI is InChI=1S/C22H22N2S/c1-2-17-13-15-20(16-14-17)23-22(25)24-21(18-9-5-3-6-10-18)19-11-7-4-8-12-19/h3-16,21H,2H2,1H3,(H2,23,24,25). The van der Waals surface area contributed by atoms with Crippen LogP contribution in [0.2, 0.25) is 0 Å². The number of nitrogens with one attached hydrogen (secondary N) is 2. The van der Waals surface area contributed by atoms with Gasteiger partial charge in [0.15, 0.2) is 5.11 Å². The van der Waals surface area contributed by atoms with Crippen LogP contribution in [0, 0.1) is 0 Å². The maximum atomic E-state index is 5.55. The van der Waals surface area contributed by atoms with Gasteiger partial charge in [0.1, 0.15) is 0 Å². The zero-order valence-electron chi connectivity index (χ0n) is 14.3. The van der Waals surface area contributed by atoms with E-state index in [1.807, 2.05) is 36.4 Å². The summed E-state index contributed by atoms with van der Waals surface area (Å²) in [6.45, 7) is 2.15. The van der Waals surface area contributed by atoms with Crippen molar-refractivity contribution in [1.29, 1.82) is 0 Å². The van der Waals surface area contributed by atoms with Crippen LogP contribution < -0.4 is 10.6 Å². The summed E-state index contributed by atoms with van der Waals surface area (Å²) in [5, 5.41) is 7.34. The van der Waals surface area contributed by atoms with E-state index in [-0.39, 0.29) is 6.04 Å². The Kier molecular flexibility index (Phi) is 5.81. The predicted molar refractivity (Wildman–Crippen MR) is 110 cm³/mol. The lowest BCUT2D eigenvalue weighted by Gasteiger charge is -2.22. The molecule has 0 aromatic heterocycles. The van der Waals surface area contributed by atoms with Crippen molar-refractivity contribution < 1.29 is 0 Å². The summed E-state index contributed by atoms with van der Waals surface area (Å²) in [4.78, 5) is 0. The lowest BCUT2D eigenvalue weighted by Crippen LogP contribution is -2.33. The summed E-state index contributed by atoms with van der Waals surface area (Å²) < 4.78 is 0. The van der Waals surface area contributed by atoms with Crippen LogP contribution in [0.4, 0.5) is 5.69 Å². The number of anilines is 1. The number of hydrogen-bond acceptors (Lipinski definition) is 1. The normalized spacial score (nSPS) is 10.5. The molecule has 0 amide bonds. The molecule has 2 nitrogen and oxygen atoms in total. The molecule has 0 saturated carbocycles. The Balaban J connectivity index is 1.76. The van der Waals surface area contributed by atoms with Gasteiger partial charge >= 0.3 is 0 Å². The summed E-state index contributed by atoms with van der Waals surface area (Å²) in [6.07, 6.45) is 1.03. The first-order valence-electron chi connectivity index (χ1n) is 8.52. The van der Waals surface area contributed by atoms with Gasteiger partial charge in [-0.25, -0.2) is 0 Å². The minimum absolute atomic E-state index is 0.0114. The third-order valence-corrected chi connectivity index (χ3v) is 4.38. The van der Waals surface area contributed by atoms with E-state index in [1.165, 1.54) is 16.7 Å². The molecule has 0 spiro atoms. The molecule has 25 heavy (non-hydrogen) atoms. The molecule has 3 aromatic rings. The minimum Gasteiger partial charge on any atom is -0.352 e. The maximum Gasteiger partial charge on any atom is 0.171 e. The van der Waals surface area contributed by atoms with Gasteiger partial charge in [-0.05, 0) is 47.5 Å². The predicted octanol–water partition coefficient (Wildman–Crippen LogP) is 5.33. The van der Waals surface area contributed by atoms with Gasteiger partial charge in [-0.2, -0.15) is 0 Å². The molecule has 3 heteroatoms. The van der Waals surface area contributed by atoms with Crippen LogP contribution in [0.25, 0.3) is 0 Å². The van der Waals surface area contributed by atoms with Crippen molar-refractivity contribution in [2.24, 2.45) is 0 Å². The molecule has 0 heterocycles. The Bertz CT molecular complexity index is 759. The highest BCUT2D eigenvalue weighted by Gasteiger charge is 2.14. The van der Waals surface area contributed by atoms with E-state index in [9.17, 15) is 0 Å². The lowest BCUT2D eigenvalue weighted by molar-refractivity contribution is 0.768. The van der Waals surface area contributed by atoms with E-state index in [4.69, 9.17) is 12.2 Å². The number of aryl methyl sites for hydroxylation is 1. The van der Waals surface area contributed by atoms with Crippen molar-refractivity contribution in [1.82, 2.24) is 5.32 Å². The van der Waals surface area contributed by atoms with Crippen LogP contribution in [-0.2, 0) is 6.42 Å². The number of hydrogen-bond donors (Lipinski definition) is 2. The molecule has 0 aliphatic rings. The van der Waals surface area contributed by atoms with E-state index in [0.29, 0.717) is 5.11 Å². The van der Waals surface area contributed by atoms with Gasteiger partial charge < -0.3 is 10.6 Å². The molecular formula is C22H22N2S. The molecule has 0 saturated heterocycles. The average molecular weight is 346 g/mol. The molecule has 2 N–H and O–H groups in total. The molecule has 0 bridgehead atoms. The van der Waals surface area contributed by atoms with Gasteiger partial charge in [0.25, 0.3) is 0 Å². The summed E-state index contributed by atoms with van der Waals surface area (Å²) in [5.41, 5.74) is 4.67. The summed E-state index contributed by atoms with van der Waals surface area (Å²) in [6, 6.07) is 29.1. The fraction of sp³-hybridized carbons (Fsp3) is 0.136. The van der Waals surface area contributed by atoms with E-state index in [0.717, 1.165) is 12.1 Å². The van der Waals surface area contributed by atoms with E-state index in [2.05, 4.69) is 66.1 Å². The molecule has 0 unspecified atom stereocenters. The molecule has 3 aromatic carbocycles. The highest BCUT2D eigenvalue weighted by Crippen LogP contribution is 2.22. The average Bonchev–Trinajstić information content (AvgIpc) is 2.68. The van der Waals surface area contributed by atoms with Crippen LogP contribution in [0.5, 0.6) is 0 Å². The Labute approximate surface area is 154 Å². The molecule has 3 rings (SSSR count). The Morgan fingerprint density at radius 1 is 0.800 bits per heavy atom. The largest absolute Gasteiger partial charge is 0.352 e. The van der Waals surface area contributed by atoms with Crippen LogP contribution in [-0.4, -0.2) is 5.11 Å². The van der Waals surface area contributed by atoms with Crippen molar-refractivity contribution in [2.45, 2.75) is 19.4 Å². The van der Waals surface area contributed by atoms with Crippen molar-refractivity contribution in [3.63, 3.8) is 0 Å². The maximum absolute atomic E-state index is 5.55. The van der Waals surface area contributed by atoms with Crippen LogP contribution in [0.15, 0.2) is 84.9 Å². The zero-order chi connectivity index (χ0) is 17.5. The van der Waals surface area contributed by atoms with Gasteiger partial charge in [-0.1, -0.05) is 79.7 Å². The second-order valence-electron chi connectivity index (χ2n) is 5.90. The van der Waals surface area contributed by atoms with Gasteiger partial charge in [0.2, 0.25) is 0 Å². The number of thiocarbonyl (C=S) groups is 1. The van der Waals surface area contributed by atoms with Crippen molar-refractivity contribution in [3.8, 4) is 0 Å². The van der Waals surface area contributed by atoms with E-state index in [1.54, 1.807) is 0 Å². The molecule has 0 fully saturated rings. The Hall–Kier alpha value is -2.65. The number of rotatable bonds is 5. The Morgan fingerprint density at radius 3 is 1.80 bits per heavy atom. The summed E-state index contributed by atoms with van der Waals surface area (Å²) in [5.74, 6) is 0. The third kappa shape index (κ3) is 4.68. The van der Waals surface area contributed by atoms with Crippen LogP contribution >= 0.6 is 12.2 Å². The third-order valence-electron chi connectivity index (χ3n) is 4.16. The molecule has 0 aliphatic carbocycles. The first kappa shape index (κ1) is 17.2. The Morgan fingerprint density at radius 2 is 1.32 bits per heavy atom. The van der Waals surface area contributed by atoms with Crippen LogP contribution in [0.1, 0.15) is 29.7 Å². The minimum atomic E-state index is 0.0114. The highest BCUT2D eigenvalue weighted by atomic mass is 32.1. The quantitative estimate of drug-likeness (QED) is 0.611. The molecular weight excluding hydrogens is 324 g/mol. The fourth-order valence-corrected chi connectivity index (χ4v) is 3.01. The van der Waals surface area contributed by atoms with Gasteiger partial charge in [0.05, 0.1) is 6.04 Å². The molecule has 0 atom stereocenters. The fourth-order valence-electron chi connectivity index (χ4n) is 2.77. The highest BCUT2D eigenvalue weighted by molar-refractivity contribution is 7.80. The molecule has 0 radical (unpaired) electrons. The van der Waals surface area contributed by atoms with Gasteiger partial charge in [0, 0.05) is 5.69 Å². The second-order valence-corrected chi connectivity index (χ2v) is 6.31. The van der Waals surface area contributed by atoms with Crippen LogP contribution in [0.3, 0.4) is 0 Å². The van der Waals surface area contributed by atoms with Crippen molar-refractivity contribution >= 4 is 23.0 Å². The topological polar surface area (TPSA) is 24.1 Å². The molecule has 126 valence electrons. The monoisotopic (exact) mass is 346 g/mol. The van der Waals surface area contributed by atoms with Gasteiger partial charge in [-0.15, -0.1) is 0 Å². The van der Waals surface area contributed by atoms with Crippen molar-refractivity contribution in [3.05, 3.63) is 102 Å². The number of benzene rings is 3. The smallest absolute Gasteiger partial charge is 0.171 e. The molecule has 0 aliphatic heterocycles. The van der Waals surface area contributed by atoms with Crippen molar-refractivity contribution in [2.75, 3.05) is 5.32 Å². The SMILES string of the molecule is CCc1ccc(NC(=S)NC(c2ccccc2)c2ccccc2)cc1. The summed E-state index contributed by atoms with van der Waals surface area (Å²) >= 11 is 5.55. The first-order valence-corrected chi connectivity index (χ1v) is 8.93. The summed E-state index contributed by atoms with van der Waals surface area (Å²) in [7, 11) is 0. The zero-order valence-corrected chi connectivity index (χ0v) is 15.1. The second kappa shape index (κ2) is 8.45. The van der Waals surface area contributed by atoms with E-state index < -0.39 is 0 Å². The first-order chi connectivity index (χ1) is 12.3. The lowest BCUT2D eigenvalue weighted by atomic mass is 9.99. The van der Waals surface area contributed by atoms with E-state index >= 15 is 0 Å². The van der Waals surface area contributed by atoms with Gasteiger partial charge in [-0.3, -0.25) is 0 Å².